The summed E-state index contributed by atoms with van der Waals surface area (Å²) in [5.74, 6) is 0.779. The molecule has 2 aromatic carbocycles. The lowest BCUT2D eigenvalue weighted by molar-refractivity contribution is 0.287. The van der Waals surface area contributed by atoms with Gasteiger partial charge in [-0.05, 0) is 29.3 Å². The summed E-state index contributed by atoms with van der Waals surface area (Å²) >= 11 is 6.03. The van der Waals surface area contributed by atoms with E-state index in [-0.39, 0.29) is 6.67 Å². The molecule has 0 atom stereocenters. The molecular weight excluding hydrogens is 263 g/mol. The molecule has 0 fully saturated rings. The van der Waals surface area contributed by atoms with Crippen LogP contribution in [0.25, 0.3) is 0 Å². The third kappa shape index (κ3) is 4.25. The highest BCUT2D eigenvalue weighted by Crippen LogP contribution is 2.25. The highest BCUT2D eigenvalue weighted by atomic mass is 35.5. The molecule has 0 aliphatic carbocycles. The number of halogens is 2. The molecule has 2 aromatic rings. The first-order chi connectivity index (χ1) is 9.29. The fourth-order valence-electron chi connectivity index (χ4n) is 1.88. The predicted octanol–water partition coefficient (Wildman–Crippen LogP) is 4.67. The molecule has 0 aliphatic rings. The maximum atomic E-state index is 12.1. The molecule has 0 bridgehead atoms. The molecule has 0 N–H and O–H groups in total. The minimum absolute atomic E-state index is 0.360. The summed E-state index contributed by atoms with van der Waals surface area (Å²) in [6.45, 7) is 0.0293. The van der Waals surface area contributed by atoms with Gasteiger partial charge in [-0.1, -0.05) is 41.9 Å². The smallest absolute Gasteiger partial charge is 0.122 e. The van der Waals surface area contributed by atoms with Crippen LogP contribution in [0.1, 0.15) is 17.5 Å². The second-order valence-electron chi connectivity index (χ2n) is 4.31. The van der Waals surface area contributed by atoms with Gasteiger partial charge in [0.05, 0.1) is 13.3 Å². The second-order valence-corrected chi connectivity index (χ2v) is 4.74. The molecule has 3 heteroatoms. The van der Waals surface area contributed by atoms with E-state index in [0.717, 1.165) is 17.7 Å². The van der Waals surface area contributed by atoms with Crippen molar-refractivity contribution in [2.45, 2.75) is 12.8 Å². The summed E-state index contributed by atoms with van der Waals surface area (Å²) in [6.07, 6.45) is 1.17. The van der Waals surface area contributed by atoms with Crippen molar-refractivity contribution in [1.82, 2.24) is 0 Å². The van der Waals surface area contributed by atoms with Crippen LogP contribution in [0.15, 0.2) is 48.5 Å². The van der Waals surface area contributed by atoms with Crippen molar-refractivity contribution in [3.63, 3.8) is 0 Å². The number of ether oxygens (including phenoxy) is 1. The minimum Gasteiger partial charge on any atom is -0.493 e. The zero-order valence-electron chi connectivity index (χ0n) is 10.6. The van der Waals surface area contributed by atoms with E-state index in [4.69, 9.17) is 16.3 Å². The van der Waals surface area contributed by atoms with Crippen LogP contribution in [0, 0.1) is 0 Å². The standard InChI is InChI=1S/C16H16ClFO/c17-15-7-8-16(19-10-4-9-18)14(12-15)11-13-5-2-1-3-6-13/h1-3,5-8,12H,4,9-11H2. The average molecular weight is 279 g/mol. The molecular formula is C16H16ClFO. The van der Waals surface area contributed by atoms with Crippen LogP contribution in [-0.2, 0) is 6.42 Å². The average Bonchev–Trinajstić information content (AvgIpc) is 2.43. The molecule has 0 spiro atoms. The number of benzene rings is 2. The van der Waals surface area contributed by atoms with Gasteiger partial charge in [-0.25, -0.2) is 0 Å². The Morgan fingerprint density at radius 1 is 1.05 bits per heavy atom. The van der Waals surface area contributed by atoms with Gasteiger partial charge in [-0.3, -0.25) is 4.39 Å². The summed E-state index contributed by atoms with van der Waals surface area (Å²) in [4.78, 5) is 0. The monoisotopic (exact) mass is 278 g/mol. The molecule has 1 nitrogen and oxygen atoms in total. The molecule has 0 unspecified atom stereocenters. The molecule has 19 heavy (non-hydrogen) atoms. The first kappa shape index (κ1) is 13.9. The van der Waals surface area contributed by atoms with E-state index < -0.39 is 0 Å². The van der Waals surface area contributed by atoms with Gasteiger partial charge in [-0.15, -0.1) is 0 Å². The van der Waals surface area contributed by atoms with Crippen LogP contribution in [-0.4, -0.2) is 13.3 Å². The lowest BCUT2D eigenvalue weighted by Gasteiger charge is -2.11. The quantitative estimate of drug-likeness (QED) is 0.698. The predicted molar refractivity (Wildman–Crippen MR) is 76.8 cm³/mol. The Labute approximate surface area is 118 Å². The van der Waals surface area contributed by atoms with Crippen LogP contribution in [0.5, 0.6) is 5.75 Å². The lowest BCUT2D eigenvalue weighted by atomic mass is 10.0. The van der Waals surface area contributed by atoms with Crippen molar-refractivity contribution in [2.75, 3.05) is 13.3 Å². The van der Waals surface area contributed by atoms with E-state index in [1.165, 1.54) is 5.56 Å². The van der Waals surface area contributed by atoms with Gasteiger partial charge in [0.25, 0.3) is 0 Å². The van der Waals surface area contributed by atoms with Gasteiger partial charge < -0.3 is 4.74 Å². The molecule has 0 radical (unpaired) electrons. The van der Waals surface area contributed by atoms with Gasteiger partial charge in [-0.2, -0.15) is 0 Å². The zero-order valence-corrected chi connectivity index (χ0v) is 11.4. The summed E-state index contributed by atoms with van der Waals surface area (Å²) in [6, 6.07) is 15.7. The van der Waals surface area contributed by atoms with Gasteiger partial charge in [0.2, 0.25) is 0 Å². The summed E-state index contributed by atoms with van der Waals surface area (Å²) in [5.41, 5.74) is 2.22. The summed E-state index contributed by atoms with van der Waals surface area (Å²) < 4.78 is 17.7. The Hall–Kier alpha value is -1.54. The molecule has 2 rings (SSSR count). The van der Waals surface area contributed by atoms with E-state index in [2.05, 4.69) is 12.1 Å². The van der Waals surface area contributed by atoms with E-state index in [0.29, 0.717) is 18.1 Å². The number of alkyl halides is 1. The molecule has 100 valence electrons. The normalized spacial score (nSPS) is 10.4. The Kier molecular flexibility index (Phi) is 5.22. The van der Waals surface area contributed by atoms with E-state index >= 15 is 0 Å². The van der Waals surface area contributed by atoms with Crippen molar-refractivity contribution in [2.24, 2.45) is 0 Å². The fraction of sp³-hybridized carbons (Fsp3) is 0.250. The lowest BCUT2D eigenvalue weighted by Crippen LogP contribution is -2.01. The number of hydrogen-bond acceptors (Lipinski definition) is 1. The molecule has 0 amide bonds. The van der Waals surface area contributed by atoms with Gasteiger partial charge in [0.1, 0.15) is 5.75 Å². The maximum absolute atomic E-state index is 12.1. The first-order valence-corrected chi connectivity index (χ1v) is 6.68. The van der Waals surface area contributed by atoms with Crippen molar-refractivity contribution >= 4 is 11.6 Å². The van der Waals surface area contributed by atoms with E-state index in [1.54, 1.807) is 6.07 Å². The van der Waals surface area contributed by atoms with Crippen molar-refractivity contribution < 1.29 is 9.13 Å². The molecule has 0 aromatic heterocycles. The molecule has 0 saturated carbocycles. The Bertz CT molecular complexity index is 513. The topological polar surface area (TPSA) is 9.23 Å². The van der Waals surface area contributed by atoms with Gasteiger partial charge in [0, 0.05) is 17.9 Å². The Morgan fingerprint density at radius 2 is 1.84 bits per heavy atom. The fourth-order valence-corrected chi connectivity index (χ4v) is 2.07. The SMILES string of the molecule is FCCCOc1ccc(Cl)cc1Cc1ccccc1. The molecule has 0 saturated heterocycles. The molecule has 0 aliphatic heterocycles. The van der Waals surface area contributed by atoms with Crippen LogP contribution in [0.2, 0.25) is 5.02 Å². The van der Waals surface area contributed by atoms with Gasteiger partial charge in [0.15, 0.2) is 0 Å². The first-order valence-electron chi connectivity index (χ1n) is 6.30. The van der Waals surface area contributed by atoms with Crippen LogP contribution < -0.4 is 4.74 Å². The van der Waals surface area contributed by atoms with Crippen LogP contribution in [0.3, 0.4) is 0 Å². The zero-order chi connectivity index (χ0) is 13.5. The van der Waals surface area contributed by atoms with Crippen LogP contribution in [0.4, 0.5) is 4.39 Å². The number of rotatable bonds is 6. The Balaban J connectivity index is 2.15. The van der Waals surface area contributed by atoms with E-state index in [9.17, 15) is 4.39 Å². The summed E-state index contributed by atoms with van der Waals surface area (Å²) in [7, 11) is 0. The third-order valence-corrected chi connectivity index (χ3v) is 3.03. The van der Waals surface area contributed by atoms with E-state index in [1.807, 2.05) is 30.3 Å². The van der Waals surface area contributed by atoms with Gasteiger partial charge >= 0.3 is 0 Å². The Morgan fingerprint density at radius 3 is 2.58 bits per heavy atom. The largest absolute Gasteiger partial charge is 0.493 e. The maximum Gasteiger partial charge on any atom is 0.122 e. The van der Waals surface area contributed by atoms with Crippen molar-refractivity contribution in [3.8, 4) is 5.75 Å². The minimum atomic E-state index is -0.360. The van der Waals surface area contributed by atoms with Crippen molar-refractivity contribution in [1.29, 1.82) is 0 Å². The highest BCUT2D eigenvalue weighted by Gasteiger charge is 2.06. The molecule has 0 heterocycles. The third-order valence-electron chi connectivity index (χ3n) is 2.80. The van der Waals surface area contributed by atoms with Crippen molar-refractivity contribution in [3.05, 3.63) is 64.7 Å². The van der Waals surface area contributed by atoms with Crippen LogP contribution >= 0.6 is 11.6 Å². The second kappa shape index (κ2) is 7.15. The number of hydrogen-bond donors (Lipinski definition) is 0. The summed E-state index contributed by atoms with van der Waals surface area (Å²) in [5, 5.41) is 0.684. The highest BCUT2D eigenvalue weighted by molar-refractivity contribution is 6.30.